The lowest BCUT2D eigenvalue weighted by Crippen LogP contribution is -1.90. The third-order valence-electron chi connectivity index (χ3n) is 2.40. The van der Waals surface area contributed by atoms with E-state index >= 15 is 0 Å². The zero-order valence-corrected chi connectivity index (χ0v) is 11.2. The van der Waals surface area contributed by atoms with Gasteiger partial charge in [-0.05, 0) is 18.2 Å². The molecule has 2 aromatic rings. The highest BCUT2D eigenvalue weighted by atomic mass is 32.2. The lowest BCUT2D eigenvalue weighted by Gasteiger charge is -1.94. The molecule has 0 aromatic carbocycles. The largest absolute Gasteiger partial charge is 0.345 e. The van der Waals surface area contributed by atoms with Gasteiger partial charge in [-0.2, -0.15) is 22.0 Å². The number of aryl methyl sites for hydroxylation is 1. The Morgan fingerprint density at radius 2 is 2.39 bits per heavy atom. The van der Waals surface area contributed by atoms with Crippen LogP contribution in [0.15, 0.2) is 16.8 Å². The molecule has 0 aliphatic rings. The van der Waals surface area contributed by atoms with Gasteiger partial charge >= 0.3 is 0 Å². The van der Waals surface area contributed by atoms with Crippen LogP contribution in [-0.4, -0.2) is 20.5 Å². The van der Waals surface area contributed by atoms with Crippen molar-refractivity contribution in [3.63, 3.8) is 0 Å². The highest BCUT2D eigenvalue weighted by Crippen LogP contribution is 2.20. The molecule has 0 aliphatic heterocycles. The minimum Gasteiger partial charge on any atom is -0.345 e. The summed E-state index contributed by atoms with van der Waals surface area (Å²) in [5, 5.41) is 12.8. The summed E-state index contributed by atoms with van der Waals surface area (Å²) in [7, 11) is 1.85. The van der Waals surface area contributed by atoms with Crippen molar-refractivity contribution in [2.24, 2.45) is 7.05 Å². The van der Waals surface area contributed by atoms with E-state index in [0.717, 1.165) is 23.6 Å². The maximum Gasteiger partial charge on any atom is 0.274 e. The molecule has 0 saturated heterocycles. The van der Waals surface area contributed by atoms with Gasteiger partial charge in [0.05, 0.1) is 11.3 Å². The average Bonchev–Trinajstić information content (AvgIpc) is 2.96. The van der Waals surface area contributed by atoms with Gasteiger partial charge < -0.3 is 9.09 Å². The van der Waals surface area contributed by atoms with E-state index < -0.39 is 0 Å². The van der Waals surface area contributed by atoms with Crippen molar-refractivity contribution >= 4 is 11.8 Å². The van der Waals surface area contributed by atoms with Gasteiger partial charge in [0, 0.05) is 13.2 Å². The molecule has 0 fully saturated rings. The van der Waals surface area contributed by atoms with Crippen LogP contribution >= 0.6 is 11.8 Å². The van der Waals surface area contributed by atoms with Gasteiger partial charge in [-0.3, -0.25) is 0 Å². The zero-order chi connectivity index (χ0) is 13.0. The van der Waals surface area contributed by atoms with E-state index in [-0.39, 0.29) is 0 Å². The normalized spacial score (nSPS) is 10.5. The van der Waals surface area contributed by atoms with Gasteiger partial charge in [-0.15, -0.1) is 0 Å². The zero-order valence-electron chi connectivity index (χ0n) is 10.4. The topological polar surface area (TPSA) is 67.6 Å². The standard InChI is InChI=1S/C12H14N4OS/c1-3-4-18-8-11-14-12(17-15-11)10-5-9(6-13)7-16(10)2/h5,7H,3-4,8H2,1-2H3. The van der Waals surface area contributed by atoms with Crippen molar-refractivity contribution in [2.45, 2.75) is 19.1 Å². The van der Waals surface area contributed by atoms with Crippen LogP contribution in [0.1, 0.15) is 24.7 Å². The van der Waals surface area contributed by atoms with Crippen molar-refractivity contribution in [2.75, 3.05) is 5.75 Å². The summed E-state index contributed by atoms with van der Waals surface area (Å²) in [6, 6.07) is 3.84. The Bertz CT molecular complexity index is 567. The molecular formula is C12H14N4OS. The maximum atomic E-state index is 8.84. The molecule has 0 saturated carbocycles. The summed E-state index contributed by atoms with van der Waals surface area (Å²) >= 11 is 1.78. The number of thioether (sulfide) groups is 1. The Labute approximate surface area is 110 Å². The fraction of sp³-hybridized carbons (Fsp3) is 0.417. The molecule has 0 unspecified atom stereocenters. The summed E-state index contributed by atoms with van der Waals surface area (Å²) in [6.07, 6.45) is 2.88. The Kier molecular flexibility index (Phi) is 4.05. The number of nitrogens with zero attached hydrogens (tertiary/aromatic N) is 4. The maximum absolute atomic E-state index is 8.84. The molecule has 18 heavy (non-hydrogen) atoms. The minimum atomic E-state index is 0.464. The molecule has 0 radical (unpaired) electrons. The number of hydrogen-bond donors (Lipinski definition) is 0. The molecule has 0 amide bonds. The van der Waals surface area contributed by atoms with Crippen LogP contribution in [-0.2, 0) is 12.8 Å². The molecule has 0 aliphatic carbocycles. The SMILES string of the molecule is CCCSCc1noc(-c2cc(C#N)cn2C)n1. The molecule has 2 heterocycles. The van der Waals surface area contributed by atoms with E-state index in [9.17, 15) is 0 Å². The molecule has 0 atom stereocenters. The Morgan fingerprint density at radius 3 is 3.06 bits per heavy atom. The van der Waals surface area contributed by atoms with Crippen molar-refractivity contribution in [1.29, 1.82) is 5.26 Å². The number of nitriles is 1. The summed E-state index contributed by atoms with van der Waals surface area (Å²) < 4.78 is 7.03. The van der Waals surface area contributed by atoms with Crippen LogP contribution in [0.3, 0.4) is 0 Å². The van der Waals surface area contributed by atoms with Crippen molar-refractivity contribution in [1.82, 2.24) is 14.7 Å². The smallest absolute Gasteiger partial charge is 0.274 e. The van der Waals surface area contributed by atoms with Crippen LogP contribution in [0, 0.1) is 11.3 Å². The van der Waals surface area contributed by atoms with Crippen LogP contribution in [0.25, 0.3) is 11.6 Å². The van der Waals surface area contributed by atoms with E-state index in [4.69, 9.17) is 9.78 Å². The molecule has 94 valence electrons. The second-order valence-corrected chi connectivity index (χ2v) is 5.01. The van der Waals surface area contributed by atoms with Crippen LogP contribution in [0.4, 0.5) is 0 Å². The number of hydrogen-bond acceptors (Lipinski definition) is 5. The first-order chi connectivity index (χ1) is 8.74. The molecule has 5 nitrogen and oxygen atoms in total. The van der Waals surface area contributed by atoms with Crippen LogP contribution < -0.4 is 0 Å². The average molecular weight is 262 g/mol. The highest BCUT2D eigenvalue weighted by molar-refractivity contribution is 7.98. The number of rotatable bonds is 5. The molecular weight excluding hydrogens is 248 g/mol. The van der Waals surface area contributed by atoms with E-state index in [1.54, 1.807) is 24.0 Å². The van der Waals surface area contributed by atoms with Gasteiger partial charge in [0.2, 0.25) is 0 Å². The fourth-order valence-electron chi connectivity index (χ4n) is 1.56. The van der Waals surface area contributed by atoms with Gasteiger partial charge in [-0.25, -0.2) is 0 Å². The summed E-state index contributed by atoms with van der Waals surface area (Å²) in [5.74, 6) is 3.01. The molecule has 2 rings (SSSR count). The molecule has 0 bridgehead atoms. The van der Waals surface area contributed by atoms with E-state index in [1.165, 1.54) is 0 Å². The monoisotopic (exact) mass is 262 g/mol. The van der Waals surface area contributed by atoms with E-state index in [1.807, 2.05) is 11.6 Å². The summed E-state index contributed by atoms with van der Waals surface area (Å²) in [6.45, 7) is 2.14. The lowest BCUT2D eigenvalue weighted by molar-refractivity contribution is 0.422. The van der Waals surface area contributed by atoms with Gasteiger partial charge in [-0.1, -0.05) is 12.1 Å². The Morgan fingerprint density at radius 1 is 1.56 bits per heavy atom. The quantitative estimate of drug-likeness (QED) is 0.775. The predicted molar refractivity (Wildman–Crippen MR) is 69.9 cm³/mol. The fourth-order valence-corrected chi connectivity index (χ4v) is 2.30. The Balaban J connectivity index is 2.14. The first kappa shape index (κ1) is 12.7. The first-order valence-electron chi connectivity index (χ1n) is 5.71. The lowest BCUT2D eigenvalue weighted by atomic mass is 10.3. The third kappa shape index (κ3) is 2.74. The van der Waals surface area contributed by atoms with Crippen molar-refractivity contribution in [3.8, 4) is 17.7 Å². The summed E-state index contributed by atoms with van der Waals surface area (Å²) in [4.78, 5) is 4.33. The molecule has 6 heteroatoms. The minimum absolute atomic E-state index is 0.464. The Hall–Kier alpha value is -1.74. The summed E-state index contributed by atoms with van der Waals surface area (Å²) in [5.41, 5.74) is 1.36. The number of aromatic nitrogens is 3. The van der Waals surface area contributed by atoms with Gasteiger partial charge in [0.1, 0.15) is 11.8 Å². The van der Waals surface area contributed by atoms with Crippen molar-refractivity contribution in [3.05, 3.63) is 23.7 Å². The molecule has 0 spiro atoms. The first-order valence-corrected chi connectivity index (χ1v) is 6.87. The second kappa shape index (κ2) is 5.74. The van der Waals surface area contributed by atoms with E-state index in [2.05, 4.69) is 23.1 Å². The highest BCUT2D eigenvalue weighted by Gasteiger charge is 2.13. The van der Waals surface area contributed by atoms with Crippen LogP contribution in [0.5, 0.6) is 0 Å². The van der Waals surface area contributed by atoms with Gasteiger partial charge in [0.15, 0.2) is 5.82 Å². The molecule has 0 N–H and O–H groups in total. The van der Waals surface area contributed by atoms with E-state index in [0.29, 0.717) is 17.3 Å². The van der Waals surface area contributed by atoms with Crippen LogP contribution in [0.2, 0.25) is 0 Å². The van der Waals surface area contributed by atoms with Crippen molar-refractivity contribution < 1.29 is 4.52 Å². The van der Waals surface area contributed by atoms with Gasteiger partial charge in [0.25, 0.3) is 5.89 Å². The predicted octanol–water partition coefficient (Wildman–Crippen LogP) is 2.59. The molecule has 2 aromatic heterocycles. The second-order valence-electron chi connectivity index (χ2n) is 3.91. The third-order valence-corrected chi connectivity index (χ3v) is 3.56.